The van der Waals surface area contributed by atoms with E-state index in [9.17, 15) is 14.0 Å². The van der Waals surface area contributed by atoms with E-state index >= 15 is 0 Å². The summed E-state index contributed by atoms with van der Waals surface area (Å²) in [7, 11) is 0. The van der Waals surface area contributed by atoms with Gasteiger partial charge in [0, 0.05) is 19.6 Å². The van der Waals surface area contributed by atoms with Gasteiger partial charge in [0.25, 0.3) is 0 Å². The smallest absolute Gasteiger partial charge is 0.429 e. The average molecular weight is 504 g/mol. The van der Waals surface area contributed by atoms with Crippen LogP contribution in [0.25, 0.3) is 0 Å². The molecule has 2 unspecified atom stereocenters. The highest BCUT2D eigenvalue weighted by atomic mass is 19.1. The molecule has 2 amide bonds. The number of hydrogen-bond acceptors (Lipinski definition) is 5. The third-order valence-electron chi connectivity index (χ3n) is 6.80. The van der Waals surface area contributed by atoms with E-state index in [2.05, 4.69) is 4.90 Å². The van der Waals surface area contributed by atoms with Gasteiger partial charge in [-0.15, -0.1) is 0 Å². The van der Waals surface area contributed by atoms with Crippen LogP contribution in [-0.4, -0.2) is 58.8 Å². The van der Waals surface area contributed by atoms with E-state index in [4.69, 9.17) is 9.47 Å². The molecule has 2 heterocycles. The third-order valence-corrected chi connectivity index (χ3v) is 6.80. The van der Waals surface area contributed by atoms with Crippen LogP contribution in [0.15, 0.2) is 84.9 Å². The lowest BCUT2D eigenvalue weighted by Gasteiger charge is -2.30. The van der Waals surface area contributed by atoms with Gasteiger partial charge in [-0.2, -0.15) is 0 Å². The van der Waals surface area contributed by atoms with Crippen molar-refractivity contribution < 1.29 is 23.5 Å². The van der Waals surface area contributed by atoms with Gasteiger partial charge in [0.05, 0.1) is 12.1 Å². The van der Waals surface area contributed by atoms with Crippen molar-refractivity contribution in [1.82, 2.24) is 14.9 Å². The topological polar surface area (TPSA) is 62.3 Å². The highest BCUT2D eigenvalue weighted by Crippen LogP contribution is 2.32. The van der Waals surface area contributed by atoms with Crippen molar-refractivity contribution in [2.24, 2.45) is 0 Å². The number of rotatable bonds is 7. The number of amides is 2. The van der Waals surface area contributed by atoms with Gasteiger partial charge in [-0.3, -0.25) is 4.90 Å². The van der Waals surface area contributed by atoms with Crippen molar-refractivity contribution in [2.75, 3.05) is 19.6 Å². The van der Waals surface area contributed by atoms with Crippen LogP contribution in [0.5, 0.6) is 0 Å². The zero-order valence-corrected chi connectivity index (χ0v) is 20.5. The fourth-order valence-electron chi connectivity index (χ4n) is 5.05. The molecular weight excluding hydrogens is 473 g/mol. The molecule has 5 rings (SSSR count). The van der Waals surface area contributed by atoms with Gasteiger partial charge in [0.2, 0.25) is 0 Å². The second kappa shape index (κ2) is 11.4. The van der Waals surface area contributed by atoms with Crippen molar-refractivity contribution >= 4 is 12.2 Å². The van der Waals surface area contributed by atoms with E-state index in [1.165, 1.54) is 16.1 Å². The summed E-state index contributed by atoms with van der Waals surface area (Å²) in [5.41, 5.74) is 2.65. The third kappa shape index (κ3) is 6.09. The lowest BCUT2D eigenvalue weighted by Crippen LogP contribution is -2.50. The predicted molar refractivity (Wildman–Crippen MR) is 136 cm³/mol. The fraction of sp³-hybridized carbons (Fsp3) is 0.310. The van der Waals surface area contributed by atoms with Crippen LogP contribution < -0.4 is 0 Å². The van der Waals surface area contributed by atoms with Gasteiger partial charge in [-0.05, 0) is 41.7 Å². The Hall–Kier alpha value is -3.91. The lowest BCUT2D eigenvalue weighted by molar-refractivity contribution is -0.0199. The Morgan fingerprint density at radius 1 is 0.730 bits per heavy atom. The van der Waals surface area contributed by atoms with Crippen LogP contribution >= 0.6 is 0 Å². The Labute approximate surface area is 216 Å². The minimum absolute atomic E-state index is 0.115. The molecule has 2 aliphatic rings. The first-order valence-corrected chi connectivity index (χ1v) is 12.5. The van der Waals surface area contributed by atoms with E-state index in [-0.39, 0.29) is 31.1 Å². The quantitative estimate of drug-likeness (QED) is 0.453. The van der Waals surface area contributed by atoms with E-state index in [1.807, 2.05) is 66.7 Å². The first-order chi connectivity index (χ1) is 18.1. The second-order valence-corrected chi connectivity index (χ2v) is 9.45. The molecule has 0 saturated carbocycles. The molecule has 2 atom stereocenters. The van der Waals surface area contributed by atoms with Gasteiger partial charge < -0.3 is 9.47 Å². The molecule has 8 heteroatoms. The van der Waals surface area contributed by atoms with Crippen LogP contribution in [0.3, 0.4) is 0 Å². The number of likely N-dealkylation sites (tertiary alicyclic amines) is 1. The van der Waals surface area contributed by atoms with Crippen LogP contribution in [0, 0.1) is 5.82 Å². The monoisotopic (exact) mass is 503 g/mol. The van der Waals surface area contributed by atoms with Crippen LogP contribution in [0.2, 0.25) is 0 Å². The molecule has 3 aromatic carbocycles. The maximum absolute atomic E-state index is 13.6. The molecule has 37 heavy (non-hydrogen) atoms. The Kier molecular flexibility index (Phi) is 7.65. The van der Waals surface area contributed by atoms with Crippen LogP contribution in [-0.2, 0) is 29.1 Å². The van der Waals surface area contributed by atoms with E-state index in [1.54, 1.807) is 12.1 Å². The molecule has 3 aromatic rings. The van der Waals surface area contributed by atoms with Gasteiger partial charge >= 0.3 is 12.2 Å². The summed E-state index contributed by atoms with van der Waals surface area (Å²) in [4.78, 5) is 28.7. The van der Waals surface area contributed by atoms with Crippen molar-refractivity contribution in [3.8, 4) is 0 Å². The normalized spacial score (nSPS) is 19.1. The minimum Gasteiger partial charge on any atom is -0.443 e. The Morgan fingerprint density at radius 2 is 1.24 bits per heavy atom. The Bertz CT molecular complexity index is 1140. The molecule has 2 bridgehead atoms. The van der Waals surface area contributed by atoms with E-state index in [0.29, 0.717) is 32.5 Å². The van der Waals surface area contributed by atoms with Crippen LogP contribution in [0.4, 0.5) is 14.0 Å². The number of piperidine rings is 1. The highest BCUT2D eigenvalue weighted by molar-refractivity contribution is 5.76. The molecule has 0 spiro atoms. The minimum atomic E-state index is -0.569. The number of hydrazine groups is 1. The summed E-state index contributed by atoms with van der Waals surface area (Å²) in [6.07, 6.45) is 0.186. The van der Waals surface area contributed by atoms with Gasteiger partial charge in [-0.1, -0.05) is 72.8 Å². The number of benzene rings is 3. The maximum atomic E-state index is 13.6. The molecule has 7 nitrogen and oxygen atoms in total. The molecule has 2 aliphatic heterocycles. The van der Waals surface area contributed by atoms with E-state index < -0.39 is 12.2 Å². The van der Waals surface area contributed by atoms with Gasteiger partial charge in [0.1, 0.15) is 19.0 Å². The zero-order chi connectivity index (χ0) is 25.6. The molecule has 2 saturated heterocycles. The molecule has 0 aliphatic carbocycles. The summed E-state index contributed by atoms with van der Waals surface area (Å²) in [6, 6.07) is 25.0. The standard InChI is InChI=1S/C29H30FN3O4/c30-25-13-7-12-22(16-25)14-15-31-18-26-17-27(19-31)33(29(35)37-21-24-10-5-2-6-11-24)32(26)28(34)36-20-23-8-3-1-4-9-23/h1-13,16,26-27H,14-15,17-21H2. The zero-order valence-electron chi connectivity index (χ0n) is 20.5. The maximum Gasteiger partial charge on any atom is 0.429 e. The van der Waals surface area contributed by atoms with Crippen molar-refractivity contribution in [3.05, 3.63) is 107 Å². The lowest BCUT2D eigenvalue weighted by atomic mass is 10.0. The number of carbonyl (C=O) groups is 2. The predicted octanol–water partition coefficient (Wildman–Crippen LogP) is 5.02. The molecule has 0 aromatic heterocycles. The highest BCUT2D eigenvalue weighted by Gasteiger charge is 2.50. The first kappa shape index (κ1) is 24.8. The summed E-state index contributed by atoms with van der Waals surface area (Å²) in [5, 5.41) is 2.87. The number of ether oxygens (including phenoxy) is 2. The number of nitrogens with zero attached hydrogens (tertiary/aromatic N) is 3. The van der Waals surface area contributed by atoms with Gasteiger partial charge in [-0.25, -0.2) is 24.0 Å². The number of fused-ring (bicyclic) bond motifs is 2. The molecule has 2 fully saturated rings. The summed E-state index contributed by atoms with van der Waals surface area (Å²) < 4.78 is 24.8. The molecule has 0 N–H and O–H groups in total. The number of hydrogen-bond donors (Lipinski definition) is 0. The molecule has 0 radical (unpaired) electrons. The fourth-order valence-corrected chi connectivity index (χ4v) is 5.05. The summed E-state index contributed by atoms with van der Waals surface area (Å²) in [5.74, 6) is -0.254. The van der Waals surface area contributed by atoms with Crippen molar-refractivity contribution in [2.45, 2.75) is 38.1 Å². The second-order valence-electron chi connectivity index (χ2n) is 9.45. The average Bonchev–Trinajstić information content (AvgIpc) is 3.20. The van der Waals surface area contributed by atoms with E-state index in [0.717, 1.165) is 16.7 Å². The summed E-state index contributed by atoms with van der Waals surface area (Å²) >= 11 is 0. The summed E-state index contributed by atoms with van der Waals surface area (Å²) in [6.45, 7) is 2.10. The SMILES string of the molecule is O=C(OCc1ccccc1)N1C2CC(CN(CCc3cccc(F)c3)C2)N1C(=O)OCc1ccccc1. The first-order valence-electron chi connectivity index (χ1n) is 12.5. The Morgan fingerprint density at radius 3 is 1.76 bits per heavy atom. The molecular formula is C29H30FN3O4. The van der Waals surface area contributed by atoms with Gasteiger partial charge in [0.15, 0.2) is 0 Å². The largest absolute Gasteiger partial charge is 0.443 e. The molecule has 192 valence electrons. The Balaban J connectivity index is 1.28. The van der Waals surface area contributed by atoms with Crippen LogP contribution in [0.1, 0.15) is 23.1 Å². The number of halogens is 1. The number of carbonyl (C=O) groups excluding carboxylic acids is 2. The van der Waals surface area contributed by atoms with Crippen molar-refractivity contribution in [3.63, 3.8) is 0 Å². The van der Waals surface area contributed by atoms with Crippen molar-refractivity contribution in [1.29, 1.82) is 0 Å².